The van der Waals surface area contributed by atoms with Crippen molar-refractivity contribution in [3.8, 4) is 5.75 Å². The van der Waals surface area contributed by atoms with E-state index in [9.17, 15) is 9.90 Å². The summed E-state index contributed by atoms with van der Waals surface area (Å²) in [6.07, 6.45) is 4.89. The van der Waals surface area contributed by atoms with Gasteiger partial charge in [0.05, 0.1) is 0 Å². The van der Waals surface area contributed by atoms with Crippen LogP contribution in [0.25, 0.3) is 0 Å². The second-order valence-electron chi connectivity index (χ2n) is 4.62. The Balaban J connectivity index is 2.19. The zero-order valence-electron chi connectivity index (χ0n) is 8.62. The van der Waals surface area contributed by atoms with Crippen LogP contribution in [0.5, 0.6) is 5.75 Å². The van der Waals surface area contributed by atoms with Crippen molar-refractivity contribution in [1.29, 1.82) is 0 Å². The number of rotatable bonds is 1. The molecule has 0 amide bonds. The van der Waals surface area contributed by atoms with Gasteiger partial charge in [0.2, 0.25) is 0 Å². The van der Waals surface area contributed by atoms with Crippen molar-refractivity contribution >= 4 is 5.78 Å². The summed E-state index contributed by atoms with van der Waals surface area (Å²) >= 11 is 0. The normalized spacial score (nSPS) is 20.1. The molecule has 0 radical (unpaired) electrons. The first-order valence-corrected chi connectivity index (χ1v) is 5.64. The van der Waals surface area contributed by atoms with Gasteiger partial charge in [-0.15, -0.1) is 0 Å². The molecule has 0 saturated heterocycles. The molecule has 1 saturated carbocycles. The highest BCUT2D eigenvalue weighted by Crippen LogP contribution is 2.45. The summed E-state index contributed by atoms with van der Waals surface area (Å²) < 4.78 is 0. The molecule has 78 valence electrons. The third kappa shape index (κ3) is 1.44. The van der Waals surface area contributed by atoms with Crippen LogP contribution in [0.4, 0.5) is 0 Å². The predicted molar refractivity (Wildman–Crippen MR) is 57.4 cm³/mol. The maximum atomic E-state index is 11.9. The molecule has 2 nitrogen and oxygen atoms in total. The summed E-state index contributed by atoms with van der Waals surface area (Å²) in [6.45, 7) is 0. The summed E-state index contributed by atoms with van der Waals surface area (Å²) in [7, 11) is 0. The van der Waals surface area contributed by atoms with Gasteiger partial charge in [-0.05, 0) is 54.9 Å². The van der Waals surface area contributed by atoms with Crippen molar-refractivity contribution in [3.63, 3.8) is 0 Å². The van der Waals surface area contributed by atoms with E-state index < -0.39 is 0 Å². The van der Waals surface area contributed by atoms with Gasteiger partial charge in [0.15, 0.2) is 5.78 Å². The summed E-state index contributed by atoms with van der Waals surface area (Å²) in [5.41, 5.74) is 3.10. The second-order valence-corrected chi connectivity index (χ2v) is 4.62. The lowest BCUT2D eigenvalue weighted by Crippen LogP contribution is -2.13. The summed E-state index contributed by atoms with van der Waals surface area (Å²) in [5.74, 6) is 1.14. The first-order chi connectivity index (χ1) is 7.25. The number of phenolic OH excluding ortho intramolecular Hbond substituents is 1. The van der Waals surface area contributed by atoms with Crippen molar-refractivity contribution in [2.45, 2.75) is 38.0 Å². The number of carbonyl (C=O) groups excluding carboxylic acids is 1. The number of benzene rings is 1. The number of fused-ring (bicyclic) bond motifs is 1. The fourth-order valence-electron chi connectivity index (χ4n) is 2.53. The van der Waals surface area contributed by atoms with E-state index >= 15 is 0 Å². The van der Waals surface area contributed by atoms with E-state index in [1.54, 1.807) is 12.1 Å². The first-order valence-electron chi connectivity index (χ1n) is 5.64. The lowest BCUT2D eigenvalue weighted by molar-refractivity contribution is 0.0971. The molecule has 1 aromatic carbocycles. The van der Waals surface area contributed by atoms with Gasteiger partial charge in [0.1, 0.15) is 5.75 Å². The SMILES string of the molecule is O=C1CCCc2cc(O)cc(C3CC3)c21. The van der Waals surface area contributed by atoms with Gasteiger partial charge in [0.25, 0.3) is 0 Å². The highest BCUT2D eigenvalue weighted by Gasteiger charge is 2.31. The van der Waals surface area contributed by atoms with Crippen molar-refractivity contribution in [2.75, 3.05) is 0 Å². The topological polar surface area (TPSA) is 37.3 Å². The van der Waals surface area contributed by atoms with Crippen LogP contribution in [-0.2, 0) is 6.42 Å². The molecule has 0 atom stereocenters. The van der Waals surface area contributed by atoms with Crippen LogP contribution in [0, 0.1) is 0 Å². The van der Waals surface area contributed by atoms with Gasteiger partial charge in [-0.1, -0.05) is 0 Å². The van der Waals surface area contributed by atoms with Crippen LogP contribution in [-0.4, -0.2) is 10.9 Å². The van der Waals surface area contributed by atoms with Gasteiger partial charge in [-0.2, -0.15) is 0 Å². The number of aromatic hydroxyl groups is 1. The predicted octanol–water partition coefficient (Wildman–Crippen LogP) is 2.79. The molecule has 15 heavy (non-hydrogen) atoms. The lowest BCUT2D eigenvalue weighted by Gasteiger charge is -2.18. The van der Waals surface area contributed by atoms with E-state index in [2.05, 4.69) is 0 Å². The standard InChI is InChI=1S/C13H14O2/c14-10-6-9-2-1-3-12(15)13(9)11(7-10)8-4-5-8/h6-8,14H,1-5H2. The smallest absolute Gasteiger partial charge is 0.163 e. The van der Waals surface area contributed by atoms with E-state index in [4.69, 9.17) is 0 Å². The Morgan fingerprint density at radius 2 is 2.00 bits per heavy atom. The Labute approximate surface area is 88.9 Å². The van der Waals surface area contributed by atoms with Gasteiger partial charge < -0.3 is 5.11 Å². The molecule has 1 aromatic rings. The molecular weight excluding hydrogens is 188 g/mol. The summed E-state index contributed by atoms with van der Waals surface area (Å²) in [5, 5.41) is 9.62. The average molecular weight is 202 g/mol. The zero-order chi connectivity index (χ0) is 10.4. The molecule has 0 spiro atoms. The highest BCUT2D eigenvalue weighted by atomic mass is 16.3. The number of Topliss-reactive ketones (excluding diaryl/α,β-unsaturated/α-hetero) is 1. The highest BCUT2D eigenvalue weighted by molar-refractivity contribution is 6.00. The van der Waals surface area contributed by atoms with Crippen LogP contribution in [0.1, 0.15) is 53.1 Å². The van der Waals surface area contributed by atoms with Crippen LogP contribution >= 0.6 is 0 Å². The van der Waals surface area contributed by atoms with Crippen LogP contribution in [0.3, 0.4) is 0 Å². The molecule has 2 aliphatic carbocycles. The number of phenols is 1. The minimum atomic E-state index is 0.276. The molecule has 1 fully saturated rings. The minimum Gasteiger partial charge on any atom is -0.508 e. The maximum absolute atomic E-state index is 11.9. The van der Waals surface area contributed by atoms with E-state index in [1.807, 2.05) is 0 Å². The van der Waals surface area contributed by atoms with Crippen LogP contribution < -0.4 is 0 Å². The Kier molecular flexibility index (Phi) is 1.84. The Morgan fingerprint density at radius 3 is 2.73 bits per heavy atom. The Morgan fingerprint density at radius 1 is 1.20 bits per heavy atom. The number of ketones is 1. The maximum Gasteiger partial charge on any atom is 0.163 e. The minimum absolute atomic E-state index is 0.276. The number of hydrogen-bond donors (Lipinski definition) is 1. The molecular formula is C13H14O2. The molecule has 2 heteroatoms. The molecule has 0 bridgehead atoms. The van der Waals surface area contributed by atoms with E-state index in [-0.39, 0.29) is 5.78 Å². The van der Waals surface area contributed by atoms with Gasteiger partial charge >= 0.3 is 0 Å². The third-order valence-corrected chi connectivity index (χ3v) is 3.38. The summed E-state index contributed by atoms with van der Waals surface area (Å²) in [4.78, 5) is 11.9. The number of aryl methyl sites for hydroxylation is 1. The largest absolute Gasteiger partial charge is 0.508 e. The van der Waals surface area contributed by atoms with Crippen molar-refractivity contribution in [1.82, 2.24) is 0 Å². The van der Waals surface area contributed by atoms with Crippen LogP contribution in [0.2, 0.25) is 0 Å². The second kappa shape index (κ2) is 3.09. The van der Waals surface area contributed by atoms with E-state index in [0.717, 1.165) is 29.5 Å². The molecule has 0 unspecified atom stereocenters. The molecule has 3 rings (SSSR count). The first kappa shape index (κ1) is 8.96. The zero-order valence-corrected chi connectivity index (χ0v) is 8.62. The summed E-state index contributed by atoms with van der Waals surface area (Å²) in [6, 6.07) is 3.55. The van der Waals surface area contributed by atoms with Gasteiger partial charge in [-0.25, -0.2) is 0 Å². The molecule has 1 N–H and O–H groups in total. The fourth-order valence-corrected chi connectivity index (χ4v) is 2.53. The monoisotopic (exact) mass is 202 g/mol. The van der Waals surface area contributed by atoms with Gasteiger partial charge in [0, 0.05) is 12.0 Å². The van der Waals surface area contributed by atoms with E-state index in [0.29, 0.717) is 18.1 Å². The number of hydrogen-bond acceptors (Lipinski definition) is 2. The van der Waals surface area contributed by atoms with Crippen molar-refractivity contribution in [3.05, 3.63) is 28.8 Å². The fraction of sp³-hybridized carbons (Fsp3) is 0.462. The quantitative estimate of drug-likeness (QED) is 0.760. The molecule has 2 aliphatic rings. The van der Waals surface area contributed by atoms with Crippen LogP contribution in [0.15, 0.2) is 12.1 Å². The number of carbonyl (C=O) groups is 1. The Hall–Kier alpha value is -1.31. The lowest BCUT2D eigenvalue weighted by atomic mass is 9.85. The van der Waals surface area contributed by atoms with E-state index in [1.165, 1.54) is 12.8 Å². The molecule has 0 aromatic heterocycles. The van der Waals surface area contributed by atoms with Crippen molar-refractivity contribution in [2.24, 2.45) is 0 Å². The van der Waals surface area contributed by atoms with Crippen molar-refractivity contribution < 1.29 is 9.90 Å². The molecule has 0 aliphatic heterocycles. The van der Waals surface area contributed by atoms with Gasteiger partial charge in [-0.3, -0.25) is 4.79 Å². The molecule has 0 heterocycles. The average Bonchev–Trinajstić information content (AvgIpc) is 2.99. The third-order valence-electron chi connectivity index (χ3n) is 3.38. The Bertz CT molecular complexity index is 430.